The van der Waals surface area contributed by atoms with Crippen molar-refractivity contribution in [3.8, 4) is 5.75 Å². The van der Waals surface area contributed by atoms with Gasteiger partial charge in [0.2, 0.25) is 0 Å². The summed E-state index contributed by atoms with van der Waals surface area (Å²) in [4.78, 5) is 0. The van der Waals surface area contributed by atoms with E-state index in [0.29, 0.717) is 12.4 Å². The van der Waals surface area contributed by atoms with Crippen LogP contribution in [0.15, 0.2) is 24.3 Å². The fourth-order valence-electron chi connectivity index (χ4n) is 1.45. The molecule has 0 aliphatic carbocycles. The molecule has 0 saturated carbocycles. The highest BCUT2D eigenvalue weighted by Gasteiger charge is 2.10. The van der Waals surface area contributed by atoms with E-state index in [1.807, 2.05) is 19.1 Å². The Morgan fingerprint density at radius 1 is 1.18 bits per heavy atom. The Morgan fingerprint density at radius 3 is 2.53 bits per heavy atom. The Labute approximate surface area is 102 Å². The van der Waals surface area contributed by atoms with E-state index < -0.39 is 12.2 Å². The Bertz CT molecular complexity index is 325. The second-order valence-electron chi connectivity index (χ2n) is 3.84. The zero-order valence-corrected chi connectivity index (χ0v) is 10.3. The molecule has 1 aromatic carbocycles. The van der Waals surface area contributed by atoms with E-state index in [1.165, 1.54) is 0 Å². The van der Waals surface area contributed by atoms with Gasteiger partial charge in [-0.05, 0) is 19.9 Å². The Balaban J connectivity index is 2.51. The smallest absolute Gasteiger partial charge is 0.125 e. The van der Waals surface area contributed by atoms with Crippen molar-refractivity contribution in [3.63, 3.8) is 0 Å². The van der Waals surface area contributed by atoms with Gasteiger partial charge in [-0.1, -0.05) is 18.2 Å². The monoisotopic (exact) mass is 240 g/mol. The quantitative estimate of drug-likeness (QED) is 0.758. The van der Waals surface area contributed by atoms with E-state index in [0.717, 1.165) is 5.56 Å². The molecular weight excluding hydrogens is 220 g/mol. The number of benzene rings is 1. The van der Waals surface area contributed by atoms with Crippen molar-refractivity contribution in [2.45, 2.75) is 26.1 Å². The van der Waals surface area contributed by atoms with Gasteiger partial charge in [0.1, 0.15) is 18.5 Å². The van der Waals surface area contributed by atoms with Crippen LogP contribution >= 0.6 is 0 Å². The molecule has 0 aromatic heterocycles. The topological polar surface area (TPSA) is 58.9 Å². The van der Waals surface area contributed by atoms with Gasteiger partial charge < -0.3 is 19.7 Å². The predicted octanol–water partition coefficient (Wildman–Crippen LogP) is 1.52. The minimum atomic E-state index is -0.656. The average Bonchev–Trinajstić information content (AvgIpc) is 2.34. The fraction of sp³-hybridized carbons (Fsp3) is 0.538. The lowest BCUT2D eigenvalue weighted by Gasteiger charge is -2.16. The van der Waals surface area contributed by atoms with Gasteiger partial charge in [0.05, 0.1) is 12.7 Å². The Hall–Kier alpha value is -1.10. The number of ether oxygens (including phenoxy) is 2. The van der Waals surface area contributed by atoms with Crippen LogP contribution in [0.1, 0.15) is 25.5 Å². The number of aliphatic hydroxyl groups is 2. The third-order valence-electron chi connectivity index (χ3n) is 2.31. The molecule has 0 aliphatic heterocycles. The molecule has 2 unspecified atom stereocenters. The van der Waals surface area contributed by atoms with Crippen molar-refractivity contribution in [2.24, 2.45) is 0 Å². The highest BCUT2D eigenvalue weighted by molar-refractivity contribution is 5.34. The van der Waals surface area contributed by atoms with Gasteiger partial charge in [-0.3, -0.25) is 0 Å². The van der Waals surface area contributed by atoms with Crippen molar-refractivity contribution in [1.82, 2.24) is 0 Å². The number of hydrogen-bond acceptors (Lipinski definition) is 4. The van der Waals surface area contributed by atoms with Gasteiger partial charge in [-0.2, -0.15) is 0 Å². The lowest BCUT2D eigenvalue weighted by molar-refractivity contribution is 0.0158. The largest absolute Gasteiger partial charge is 0.490 e. The highest BCUT2D eigenvalue weighted by atomic mass is 16.5. The summed E-state index contributed by atoms with van der Waals surface area (Å²) < 4.78 is 10.5. The molecule has 2 atom stereocenters. The lowest BCUT2D eigenvalue weighted by atomic mass is 10.1. The number of aliphatic hydroxyl groups excluding tert-OH is 2. The van der Waals surface area contributed by atoms with Crippen LogP contribution in [-0.2, 0) is 4.74 Å². The molecule has 0 radical (unpaired) electrons. The summed E-state index contributed by atoms with van der Waals surface area (Å²) in [5, 5.41) is 19.1. The van der Waals surface area contributed by atoms with Gasteiger partial charge in [-0.25, -0.2) is 0 Å². The molecule has 0 heterocycles. The maximum absolute atomic E-state index is 9.56. The maximum atomic E-state index is 9.56. The summed E-state index contributed by atoms with van der Waals surface area (Å²) >= 11 is 0. The van der Waals surface area contributed by atoms with Gasteiger partial charge in [0, 0.05) is 12.2 Å². The molecule has 0 spiro atoms. The molecule has 17 heavy (non-hydrogen) atoms. The standard InChI is InChI=1S/C13H20O4/c1-3-16-8-11(15)9-17-13-7-5-4-6-12(13)10(2)14/h4-7,10-11,14-15H,3,8-9H2,1-2H3. The van der Waals surface area contributed by atoms with E-state index in [4.69, 9.17) is 9.47 Å². The summed E-state index contributed by atoms with van der Waals surface area (Å²) in [6.45, 7) is 4.54. The minimum absolute atomic E-state index is 0.156. The van der Waals surface area contributed by atoms with Crippen molar-refractivity contribution in [2.75, 3.05) is 19.8 Å². The average molecular weight is 240 g/mol. The van der Waals surface area contributed by atoms with Crippen LogP contribution in [-0.4, -0.2) is 36.1 Å². The second kappa shape index (κ2) is 7.27. The SMILES string of the molecule is CCOCC(O)COc1ccccc1C(C)O. The molecule has 1 rings (SSSR count). The van der Waals surface area contributed by atoms with Crippen LogP contribution < -0.4 is 4.74 Å². The van der Waals surface area contributed by atoms with Gasteiger partial charge in [0.25, 0.3) is 0 Å². The van der Waals surface area contributed by atoms with E-state index in [-0.39, 0.29) is 13.2 Å². The lowest BCUT2D eigenvalue weighted by Crippen LogP contribution is -2.23. The number of hydrogen-bond donors (Lipinski definition) is 2. The first-order valence-electron chi connectivity index (χ1n) is 5.80. The van der Waals surface area contributed by atoms with E-state index in [9.17, 15) is 10.2 Å². The summed E-state index contributed by atoms with van der Waals surface area (Å²) in [7, 11) is 0. The van der Waals surface area contributed by atoms with E-state index in [2.05, 4.69) is 0 Å². The molecule has 0 bridgehead atoms. The normalized spacial score (nSPS) is 14.4. The summed E-state index contributed by atoms with van der Waals surface area (Å²) in [6.07, 6.45) is -1.24. The Kier molecular flexibility index (Phi) is 5.97. The molecule has 1 aromatic rings. The molecule has 0 amide bonds. The maximum Gasteiger partial charge on any atom is 0.125 e. The minimum Gasteiger partial charge on any atom is -0.490 e. The zero-order valence-electron chi connectivity index (χ0n) is 10.3. The molecule has 2 N–H and O–H groups in total. The van der Waals surface area contributed by atoms with Crippen LogP contribution in [0, 0.1) is 0 Å². The zero-order chi connectivity index (χ0) is 12.7. The van der Waals surface area contributed by atoms with Crippen LogP contribution in [0.5, 0.6) is 5.75 Å². The van der Waals surface area contributed by atoms with Gasteiger partial charge >= 0.3 is 0 Å². The first-order valence-corrected chi connectivity index (χ1v) is 5.80. The van der Waals surface area contributed by atoms with Crippen molar-refractivity contribution in [1.29, 1.82) is 0 Å². The van der Waals surface area contributed by atoms with Crippen molar-refractivity contribution < 1.29 is 19.7 Å². The number of rotatable bonds is 7. The van der Waals surface area contributed by atoms with Gasteiger partial charge in [0.15, 0.2) is 0 Å². The predicted molar refractivity (Wildman–Crippen MR) is 65.1 cm³/mol. The van der Waals surface area contributed by atoms with E-state index >= 15 is 0 Å². The molecule has 0 aliphatic rings. The third kappa shape index (κ3) is 4.73. The van der Waals surface area contributed by atoms with Gasteiger partial charge in [-0.15, -0.1) is 0 Å². The fourth-order valence-corrected chi connectivity index (χ4v) is 1.45. The first-order chi connectivity index (χ1) is 8.15. The molecule has 4 heteroatoms. The van der Waals surface area contributed by atoms with Crippen LogP contribution in [0.25, 0.3) is 0 Å². The number of para-hydroxylation sites is 1. The summed E-state index contributed by atoms with van der Waals surface area (Å²) in [6, 6.07) is 7.24. The van der Waals surface area contributed by atoms with Crippen LogP contribution in [0.2, 0.25) is 0 Å². The summed E-state index contributed by atoms with van der Waals surface area (Å²) in [5.41, 5.74) is 0.719. The molecule has 96 valence electrons. The molecule has 0 saturated heterocycles. The second-order valence-corrected chi connectivity index (χ2v) is 3.84. The van der Waals surface area contributed by atoms with Crippen LogP contribution in [0.4, 0.5) is 0 Å². The van der Waals surface area contributed by atoms with Crippen molar-refractivity contribution >= 4 is 0 Å². The van der Waals surface area contributed by atoms with E-state index in [1.54, 1.807) is 19.1 Å². The Morgan fingerprint density at radius 2 is 1.88 bits per heavy atom. The van der Waals surface area contributed by atoms with Crippen LogP contribution in [0.3, 0.4) is 0 Å². The van der Waals surface area contributed by atoms with Crippen molar-refractivity contribution in [3.05, 3.63) is 29.8 Å². The molecule has 0 fully saturated rings. The highest BCUT2D eigenvalue weighted by Crippen LogP contribution is 2.24. The molecule has 4 nitrogen and oxygen atoms in total. The first kappa shape index (κ1) is 14.0. The molecular formula is C13H20O4. The summed E-state index contributed by atoms with van der Waals surface area (Å²) in [5.74, 6) is 0.595. The third-order valence-corrected chi connectivity index (χ3v) is 2.31.